The third kappa shape index (κ3) is 4.31. The van der Waals surface area contributed by atoms with Crippen LogP contribution in [0.5, 0.6) is 5.75 Å². The highest BCUT2D eigenvalue weighted by Crippen LogP contribution is 2.33. The van der Waals surface area contributed by atoms with E-state index in [0.29, 0.717) is 56.1 Å². The summed E-state index contributed by atoms with van der Waals surface area (Å²) in [7, 11) is 0. The van der Waals surface area contributed by atoms with Crippen molar-refractivity contribution < 1.29 is 14.3 Å². The van der Waals surface area contributed by atoms with E-state index in [4.69, 9.17) is 9.97 Å². The standard InChI is InChI=1S/C29H23FN8O2/c30-18-7-16(9-20(39)10-18)21-13-32-14-24-25(21)36-28(35-24)27-26-23(37-38-27)6-5-22(34-26)17-8-19(12-31-11-17)33-29(40)15-3-1-2-4-15/h5-15,39H,1-4H2,(H,33,40)(H,35,36)(H,37,38). The molecule has 0 saturated heterocycles. The number of aromatic nitrogens is 7. The molecule has 0 aliphatic heterocycles. The number of hydrogen-bond acceptors (Lipinski definition) is 7. The van der Waals surface area contributed by atoms with Crippen LogP contribution in [0.3, 0.4) is 0 Å². The predicted octanol–water partition coefficient (Wildman–Crippen LogP) is 5.60. The van der Waals surface area contributed by atoms with Crippen LogP contribution in [0.2, 0.25) is 0 Å². The molecule has 198 valence electrons. The molecule has 0 atom stereocenters. The largest absolute Gasteiger partial charge is 0.508 e. The van der Waals surface area contributed by atoms with Crippen molar-refractivity contribution in [3.05, 3.63) is 67.0 Å². The van der Waals surface area contributed by atoms with Gasteiger partial charge in [0.1, 0.15) is 17.1 Å². The number of hydrogen-bond donors (Lipinski definition) is 4. The number of amides is 1. The number of nitrogens with one attached hydrogen (secondary N) is 3. The van der Waals surface area contributed by atoms with Gasteiger partial charge in [-0.25, -0.2) is 14.4 Å². The van der Waals surface area contributed by atoms with Gasteiger partial charge in [0.2, 0.25) is 5.91 Å². The van der Waals surface area contributed by atoms with Gasteiger partial charge < -0.3 is 15.4 Å². The molecule has 1 fully saturated rings. The lowest BCUT2D eigenvalue weighted by molar-refractivity contribution is -0.119. The summed E-state index contributed by atoms with van der Waals surface area (Å²) in [6, 6.07) is 9.43. The van der Waals surface area contributed by atoms with Gasteiger partial charge in [0.05, 0.1) is 40.3 Å². The number of imidazole rings is 1. The normalized spacial score (nSPS) is 13.8. The first-order chi connectivity index (χ1) is 19.5. The summed E-state index contributed by atoms with van der Waals surface area (Å²) in [4.78, 5) is 34.0. The zero-order valence-corrected chi connectivity index (χ0v) is 21.1. The number of pyridine rings is 3. The molecule has 1 aromatic carbocycles. The molecule has 1 amide bonds. The SMILES string of the molecule is O=C(Nc1cncc(-c2ccc3[nH]nc(-c4nc5c(-c6cc(O)cc(F)c6)cncc5[nH]4)c3n2)c1)C1CCCC1. The number of aromatic amines is 2. The van der Waals surface area contributed by atoms with Crippen LogP contribution in [-0.4, -0.2) is 46.1 Å². The van der Waals surface area contributed by atoms with Gasteiger partial charge in [-0.05, 0) is 48.7 Å². The minimum Gasteiger partial charge on any atom is -0.508 e. The molecule has 7 rings (SSSR count). The van der Waals surface area contributed by atoms with Crippen LogP contribution in [0, 0.1) is 11.7 Å². The molecule has 0 radical (unpaired) electrons. The lowest BCUT2D eigenvalue weighted by atomic mass is 10.1. The van der Waals surface area contributed by atoms with Gasteiger partial charge in [0.25, 0.3) is 0 Å². The van der Waals surface area contributed by atoms with E-state index in [2.05, 4.69) is 30.5 Å². The van der Waals surface area contributed by atoms with Crippen molar-refractivity contribution in [2.24, 2.45) is 5.92 Å². The Kier molecular flexibility index (Phi) is 5.69. The van der Waals surface area contributed by atoms with Crippen LogP contribution in [0.1, 0.15) is 25.7 Å². The highest BCUT2D eigenvalue weighted by molar-refractivity contribution is 5.96. The Hall–Kier alpha value is -5.19. The third-order valence-electron chi connectivity index (χ3n) is 7.25. The number of rotatable bonds is 5. The van der Waals surface area contributed by atoms with E-state index >= 15 is 0 Å². The maximum absolute atomic E-state index is 14.0. The van der Waals surface area contributed by atoms with Crippen LogP contribution < -0.4 is 5.32 Å². The average molecular weight is 535 g/mol. The molecule has 11 heteroatoms. The van der Waals surface area contributed by atoms with Crippen LogP contribution in [0.25, 0.3) is 56.0 Å². The summed E-state index contributed by atoms with van der Waals surface area (Å²) in [6.07, 6.45) is 10.6. The van der Waals surface area contributed by atoms with Crippen molar-refractivity contribution in [1.82, 2.24) is 35.1 Å². The van der Waals surface area contributed by atoms with Crippen molar-refractivity contribution in [2.75, 3.05) is 5.32 Å². The summed E-state index contributed by atoms with van der Waals surface area (Å²) >= 11 is 0. The van der Waals surface area contributed by atoms with Crippen molar-refractivity contribution >= 4 is 33.7 Å². The molecule has 40 heavy (non-hydrogen) atoms. The van der Waals surface area contributed by atoms with E-state index in [9.17, 15) is 14.3 Å². The van der Waals surface area contributed by atoms with Crippen molar-refractivity contribution in [3.63, 3.8) is 0 Å². The number of carbonyl (C=O) groups is 1. The molecule has 0 spiro atoms. The summed E-state index contributed by atoms with van der Waals surface area (Å²) in [5, 5.41) is 20.3. The predicted molar refractivity (Wildman–Crippen MR) is 148 cm³/mol. The molecule has 10 nitrogen and oxygen atoms in total. The monoisotopic (exact) mass is 534 g/mol. The fraction of sp³-hybridized carbons (Fsp3) is 0.172. The Labute approximate surface area is 226 Å². The Morgan fingerprint density at radius 3 is 2.62 bits per heavy atom. The molecular formula is C29H23FN8O2. The molecule has 1 saturated carbocycles. The van der Waals surface area contributed by atoms with Crippen molar-refractivity contribution in [1.29, 1.82) is 0 Å². The molecule has 5 aromatic heterocycles. The molecule has 6 aromatic rings. The number of phenolic OH excluding ortho intramolecular Hbond substituents is 1. The minimum absolute atomic E-state index is 0.0316. The number of halogens is 1. The van der Waals surface area contributed by atoms with Crippen LogP contribution >= 0.6 is 0 Å². The highest BCUT2D eigenvalue weighted by atomic mass is 19.1. The van der Waals surface area contributed by atoms with Crippen LogP contribution in [0.15, 0.2) is 61.2 Å². The third-order valence-corrected chi connectivity index (χ3v) is 7.25. The number of benzene rings is 1. The van der Waals surface area contributed by atoms with E-state index in [1.807, 2.05) is 18.2 Å². The van der Waals surface area contributed by atoms with Gasteiger partial charge in [0, 0.05) is 35.5 Å². The molecule has 1 aliphatic rings. The summed E-state index contributed by atoms with van der Waals surface area (Å²) in [6.45, 7) is 0. The fourth-order valence-corrected chi connectivity index (χ4v) is 5.29. The number of aromatic hydroxyl groups is 1. The number of phenols is 1. The Morgan fingerprint density at radius 1 is 0.925 bits per heavy atom. The lowest BCUT2D eigenvalue weighted by Gasteiger charge is -2.11. The van der Waals surface area contributed by atoms with Crippen molar-refractivity contribution in [3.8, 4) is 39.7 Å². The number of fused-ring (bicyclic) bond motifs is 2. The van der Waals surface area contributed by atoms with Gasteiger partial charge in [-0.3, -0.25) is 19.9 Å². The van der Waals surface area contributed by atoms with Gasteiger partial charge in [-0.2, -0.15) is 5.10 Å². The molecule has 5 heterocycles. The zero-order chi connectivity index (χ0) is 27.2. The summed E-state index contributed by atoms with van der Waals surface area (Å²) in [5.41, 5.74) is 6.04. The second-order valence-corrected chi connectivity index (χ2v) is 9.96. The Morgan fingerprint density at radius 2 is 1.77 bits per heavy atom. The van der Waals surface area contributed by atoms with Gasteiger partial charge in [-0.1, -0.05) is 12.8 Å². The quantitative estimate of drug-likeness (QED) is 0.225. The van der Waals surface area contributed by atoms with Gasteiger partial charge in [0.15, 0.2) is 11.5 Å². The smallest absolute Gasteiger partial charge is 0.227 e. The van der Waals surface area contributed by atoms with Gasteiger partial charge >= 0.3 is 0 Å². The van der Waals surface area contributed by atoms with E-state index in [1.165, 1.54) is 12.1 Å². The molecule has 1 aliphatic carbocycles. The fourth-order valence-electron chi connectivity index (χ4n) is 5.29. The van der Waals surface area contributed by atoms with E-state index in [0.717, 1.165) is 37.3 Å². The summed E-state index contributed by atoms with van der Waals surface area (Å²) < 4.78 is 14.0. The number of H-pyrrole nitrogens is 2. The van der Waals surface area contributed by atoms with Gasteiger partial charge in [-0.15, -0.1) is 0 Å². The number of carbonyl (C=O) groups excluding carboxylic acids is 1. The van der Waals surface area contributed by atoms with Crippen LogP contribution in [0.4, 0.5) is 10.1 Å². The minimum atomic E-state index is -0.561. The molecule has 0 unspecified atom stereocenters. The zero-order valence-electron chi connectivity index (χ0n) is 21.1. The molecule has 0 bridgehead atoms. The highest BCUT2D eigenvalue weighted by Gasteiger charge is 2.23. The first-order valence-electron chi connectivity index (χ1n) is 13.0. The lowest BCUT2D eigenvalue weighted by Crippen LogP contribution is -2.20. The van der Waals surface area contributed by atoms with E-state index in [1.54, 1.807) is 24.8 Å². The first kappa shape index (κ1) is 23.9. The molecular weight excluding hydrogens is 511 g/mol. The Balaban J connectivity index is 1.25. The second-order valence-electron chi connectivity index (χ2n) is 9.96. The topological polar surface area (TPSA) is 145 Å². The second kappa shape index (κ2) is 9.53. The first-order valence-corrected chi connectivity index (χ1v) is 13.0. The number of anilines is 1. The van der Waals surface area contributed by atoms with E-state index in [-0.39, 0.29) is 17.6 Å². The average Bonchev–Trinajstić information content (AvgIpc) is 3.71. The summed E-state index contributed by atoms with van der Waals surface area (Å²) in [5.74, 6) is -0.206. The number of nitrogens with zero attached hydrogens (tertiary/aromatic N) is 5. The van der Waals surface area contributed by atoms with E-state index < -0.39 is 5.82 Å². The maximum Gasteiger partial charge on any atom is 0.227 e. The van der Waals surface area contributed by atoms with Crippen molar-refractivity contribution in [2.45, 2.75) is 25.7 Å². The maximum atomic E-state index is 14.0. The van der Waals surface area contributed by atoms with Crippen LogP contribution in [-0.2, 0) is 4.79 Å². The molecule has 4 N–H and O–H groups in total. The Bertz CT molecular complexity index is 1890.